The fraction of sp³-hybridized carbons (Fsp3) is 0. The van der Waals surface area contributed by atoms with Gasteiger partial charge in [-0.2, -0.15) is 0 Å². The van der Waals surface area contributed by atoms with Crippen molar-refractivity contribution in [3.05, 3.63) is 60.9 Å². The van der Waals surface area contributed by atoms with Gasteiger partial charge in [-0.15, -0.1) is 0 Å². The third-order valence-electron chi connectivity index (χ3n) is 2.94. The number of anilines is 1. The van der Waals surface area contributed by atoms with E-state index < -0.39 is 0 Å². The number of fused-ring (bicyclic) bond motifs is 1. The van der Waals surface area contributed by atoms with Crippen molar-refractivity contribution in [2.45, 2.75) is 0 Å². The summed E-state index contributed by atoms with van der Waals surface area (Å²) in [4.78, 5) is 16.9. The summed E-state index contributed by atoms with van der Waals surface area (Å²) in [6.45, 7) is 0. The van der Waals surface area contributed by atoms with Gasteiger partial charge in [-0.1, -0.05) is 15.9 Å². The van der Waals surface area contributed by atoms with Crippen LogP contribution in [0.25, 0.3) is 16.6 Å². The molecule has 4 nitrogen and oxygen atoms in total. The molecule has 0 fully saturated rings. The van der Waals surface area contributed by atoms with Crippen molar-refractivity contribution in [3.8, 4) is 5.69 Å². The van der Waals surface area contributed by atoms with E-state index in [0.717, 1.165) is 8.04 Å². The van der Waals surface area contributed by atoms with Crippen molar-refractivity contribution in [2.75, 3.05) is 5.73 Å². The first kappa shape index (κ1) is 13.6. The van der Waals surface area contributed by atoms with Crippen LogP contribution in [0.3, 0.4) is 0 Å². The molecule has 0 saturated carbocycles. The summed E-state index contributed by atoms with van der Waals surface area (Å²) >= 11 is 5.54. The molecule has 0 aliphatic heterocycles. The standard InChI is InChI=1S/C14H9BrIN3O/c15-8-1-4-10(5-2-8)19-13(20)11-7-9(16)3-6-12(11)18-14(19)17/h1-7H,(H2,17,18). The van der Waals surface area contributed by atoms with Gasteiger partial charge in [0.1, 0.15) is 0 Å². The Balaban J connectivity index is 2.36. The molecule has 2 N–H and O–H groups in total. The molecule has 0 bridgehead atoms. The van der Waals surface area contributed by atoms with Crippen LogP contribution in [0.4, 0.5) is 5.95 Å². The molecule has 0 amide bonds. The number of nitrogens with zero attached hydrogens (tertiary/aromatic N) is 2. The van der Waals surface area contributed by atoms with Gasteiger partial charge in [0.15, 0.2) is 0 Å². The highest BCUT2D eigenvalue weighted by Crippen LogP contribution is 2.18. The van der Waals surface area contributed by atoms with Gasteiger partial charge in [0.05, 0.1) is 16.6 Å². The van der Waals surface area contributed by atoms with E-state index in [9.17, 15) is 4.79 Å². The topological polar surface area (TPSA) is 60.9 Å². The summed E-state index contributed by atoms with van der Waals surface area (Å²) in [5.41, 5.74) is 7.09. The molecule has 2 aromatic carbocycles. The zero-order valence-electron chi connectivity index (χ0n) is 10.2. The fourth-order valence-electron chi connectivity index (χ4n) is 2.01. The van der Waals surface area contributed by atoms with Crippen molar-refractivity contribution in [3.63, 3.8) is 0 Å². The molecule has 0 spiro atoms. The van der Waals surface area contributed by atoms with E-state index in [4.69, 9.17) is 5.73 Å². The van der Waals surface area contributed by atoms with E-state index in [1.807, 2.05) is 36.4 Å². The molecule has 100 valence electrons. The van der Waals surface area contributed by atoms with Crippen LogP contribution in [0.2, 0.25) is 0 Å². The van der Waals surface area contributed by atoms with Crippen LogP contribution in [0, 0.1) is 3.57 Å². The summed E-state index contributed by atoms with van der Waals surface area (Å²) in [6.07, 6.45) is 0. The lowest BCUT2D eigenvalue weighted by molar-refractivity contribution is 0.982. The highest BCUT2D eigenvalue weighted by atomic mass is 127. The van der Waals surface area contributed by atoms with Gasteiger partial charge >= 0.3 is 0 Å². The van der Waals surface area contributed by atoms with E-state index in [1.165, 1.54) is 4.57 Å². The monoisotopic (exact) mass is 441 g/mol. The summed E-state index contributed by atoms with van der Waals surface area (Å²) in [7, 11) is 0. The molecule has 3 rings (SSSR count). The third-order valence-corrected chi connectivity index (χ3v) is 4.14. The van der Waals surface area contributed by atoms with Gasteiger partial charge in [-0.3, -0.25) is 4.79 Å². The van der Waals surface area contributed by atoms with Crippen LogP contribution < -0.4 is 11.3 Å². The van der Waals surface area contributed by atoms with Crippen molar-refractivity contribution in [1.82, 2.24) is 9.55 Å². The first-order chi connectivity index (χ1) is 9.56. The van der Waals surface area contributed by atoms with Gasteiger partial charge in [0, 0.05) is 8.04 Å². The first-order valence-corrected chi connectivity index (χ1v) is 7.67. The molecule has 0 aliphatic carbocycles. The predicted molar refractivity (Wildman–Crippen MR) is 92.2 cm³/mol. The maximum absolute atomic E-state index is 12.6. The SMILES string of the molecule is Nc1nc2ccc(I)cc2c(=O)n1-c1ccc(Br)cc1. The van der Waals surface area contributed by atoms with Crippen LogP contribution in [0.1, 0.15) is 0 Å². The maximum Gasteiger partial charge on any atom is 0.267 e. The van der Waals surface area contributed by atoms with E-state index >= 15 is 0 Å². The van der Waals surface area contributed by atoms with Gasteiger partial charge < -0.3 is 5.73 Å². The molecule has 3 aromatic rings. The lowest BCUT2D eigenvalue weighted by Crippen LogP contribution is -2.23. The number of halogens is 2. The Bertz CT molecular complexity index is 859. The number of benzene rings is 2. The fourth-order valence-corrected chi connectivity index (χ4v) is 2.77. The Morgan fingerprint density at radius 2 is 1.85 bits per heavy atom. The molecule has 0 atom stereocenters. The van der Waals surface area contributed by atoms with Crippen LogP contribution in [0.5, 0.6) is 0 Å². The normalized spacial score (nSPS) is 10.9. The minimum Gasteiger partial charge on any atom is -0.369 e. The lowest BCUT2D eigenvalue weighted by atomic mass is 10.2. The molecule has 0 radical (unpaired) electrons. The zero-order chi connectivity index (χ0) is 14.3. The van der Waals surface area contributed by atoms with E-state index in [0.29, 0.717) is 16.6 Å². The Kier molecular flexibility index (Phi) is 3.51. The Labute approximate surface area is 136 Å². The van der Waals surface area contributed by atoms with E-state index in [1.54, 1.807) is 6.07 Å². The van der Waals surface area contributed by atoms with Crippen molar-refractivity contribution >= 4 is 55.4 Å². The number of rotatable bonds is 1. The van der Waals surface area contributed by atoms with Crippen LogP contribution >= 0.6 is 38.5 Å². The highest BCUT2D eigenvalue weighted by molar-refractivity contribution is 14.1. The summed E-state index contributed by atoms with van der Waals surface area (Å²) in [5.74, 6) is 0.186. The second kappa shape index (κ2) is 5.17. The molecule has 0 unspecified atom stereocenters. The van der Waals surface area contributed by atoms with Crippen LogP contribution in [0.15, 0.2) is 51.7 Å². The minimum absolute atomic E-state index is 0.159. The third kappa shape index (κ3) is 2.33. The summed E-state index contributed by atoms with van der Waals surface area (Å²) < 4.78 is 3.35. The minimum atomic E-state index is -0.159. The number of aromatic nitrogens is 2. The quantitative estimate of drug-likeness (QED) is 0.589. The zero-order valence-corrected chi connectivity index (χ0v) is 13.9. The lowest BCUT2D eigenvalue weighted by Gasteiger charge is -2.10. The average molecular weight is 442 g/mol. The first-order valence-electron chi connectivity index (χ1n) is 5.80. The van der Waals surface area contributed by atoms with Crippen molar-refractivity contribution in [1.29, 1.82) is 0 Å². The maximum atomic E-state index is 12.6. The molecular formula is C14H9BrIN3O. The molecule has 1 aromatic heterocycles. The molecule has 0 aliphatic rings. The molecule has 1 heterocycles. The molecular weight excluding hydrogens is 433 g/mol. The van der Waals surface area contributed by atoms with E-state index in [-0.39, 0.29) is 11.5 Å². The Morgan fingerprint density at radius 3 is 2.55 bits per heavy atom. The van der Waals surface area contributed by atoms with E-state index in [2.05, 4.69) is 43.5 Å². The average Bonchev–Trinajstić information content (AvgIpc) is 2.42. The Hall–Kier alpha value is -1.41. The van der Waals surface area contributed by atoms with Crippen LogP contribution in [-0.4, -0.2) is 9.55 Å². The predicted octanol–water partition coefficient (Wildman–Crippen LogP) is 3.34. The summed E-state index contributed by atoms with van der Waals surface area (Å²) in [5, 5.41) is 0.564. The van der Waals surface area contributed by atoms with Crippen molar-refractivity contribution < 1.29 is 0 Å². The molecule has 20 heavy (non-hydrogen) atoms. The van der Waals surface area contributed by atoms with Crippen LogP contribution in [-0.2, 0) is 0 Å². The van der Waals surface area contributed by atoms with Crippen molar-refractivity contribution in [2.24, 2.45) is 0 Å². The van der Waals surface area contributed by atoms with Gasteiger partial charge in [-0.25, -0.2) is 9.55 Å². The second-order valence-corrected chi connectivity index (χ2v) is 6.41. The number of nitrogen functional groups attached to an aromatic ring is 1. The number of nitrogens with two attached hydrogens (primary N) is 1. The summed E-state index contributed by atoms with van der Waals surface area (Å²) in [6, 6.07) is 12.9. The second-order valence-electron chi connectivity index (χ2n) is 4.25. The molecule has 6 heteroatoms. The molecule has 0 saturated heterocycles. The van der Waals surface area contributed by atoms with Gasteiger partial charge in [0.2, 0.25) is 5.95 Å². The number of hydrogen-bond acceptors (Lipinski definition) is 3. The van der Waals surface area contributed by atoms with Gasteiger partial charge in [0.25, 0.3) is 5.56 Å². The largest absolute Gasteiger partial charge is 0.369 e. The Morgan fingerprint density at radius 1 is 1.15 bits per heavy atom. The highest BCUT2D eigenvalue weighted by Gasteiger charge is 2.10. The van der Waals surface area contributed by atoms with Gasteiger partial charge in [-0.05, 0) is 65.1 Å². The number of hydrogen-bond donors (Lipinski definition) is 1. The smallest absolute Gasteiger partial charge is 0.267 e.